The second kappa shape index (κ2) is 9.04. The van der Waals surface area contributed by atoms with Crippen molar-refractivity contribution in [1.29, 1.82) is 0 Å². The number of fused-ring (bicyclic) bond motifs is 3. The molecular formula is C29H29O6P. The van der Waals surface area contributed by atoms with E-state index in [9.17, 15) is 9.36 Å². The van der Waals surface area contributed by atoms with Crippen LogP contribution in [0.25, 0.3) is 21.5 Å². The first-order valence-corrected chi connectivity index (χ1v) is 13.4. The van der Waals surface area contributed by atoms with Crippen LogP contribution in [0.15, 0.2) is 60.7 Å². The molecule has 1 aliphatic rings. The van der Waals surface area contributed by atoms with E-state index in [-0.39, 0.29) is 30.1 Å². The number of ether oxygens (including phenoxy) is 1. The minimum Gasteiger partial charge on any atom is -0.418 e. The van der Waals surface area contributed by atoms with Gasteiger partial charge >= 0.3 is 13.8 Å². The van der Waals surface area contributed by atoms with Crippen molar-refractivity contribution in [3.8, 4) is 11.5 Å². The summed E-state index contributed by atoms with van der Waals surface area (Å²) in [4.78, 5) is 13.5. The van der Waals surface area contributed by atoms with Gasteiger partial charge in [-0.3, -0.25) is 9.05 Å². The summed E-state index contributed by atoms with van der Waals surface area (Å²) in [6.07, 6.45) is 0. The number of esters is 1. The van der Waals surface area contributed by atoms with Crippen LogP contribution in [0.1, 0.15) is 40.9 Å². The van der Waals surface area contributed by atoms with Crippen molar-refractivity contribution in [3.05, 3.63) is 82.9 Å². The van der Waals surface area contributed by atoms with Crippen LogP contribution in [0.2, 0.25) is 0 Å². The molecule has 7 heteroatoms. The highest BCUT2D eigenvalue weighted by molar-refractivity contribution is 7.49. The van der Waals surface area contributed by atoms with Gasteiger partial charge in [0.2, 0.25) is 0 Å². The van der Waals surface area contributed by atoms with Crippen molar-refractivity contribution < 1.29 is 27.7 Å². The molecule has 36 heavy (non-hydrogen) atoms. The summed E-state index contributed by atoms with van der Waals surface area (Å²) in [6, 6.07) is 19.1. The predicted octanol–water partition coefficient (Wildman–Crippen LogP) is 7.70. The van der Waals surface area contributed by atoms with E-state index in [1.807, 2.05) is 95.3 Å². The van der Waals surface area contributed by atoms with Gasteiger partial charge in [-0.25, -0.2) is 9.36 Å². The Bertz CT molecular complexity index is 1520. The third-order valence-corrected chi connectivity index (χ3v) is 7.64. The summed E-state index contributed by atoms with van der Waals surface area (Å²) >= 11 is 0. The molecule has 1 saturated heterocycles. The molecule has 4 aromatic rings. The van der Waals surface area contributed by atoms with Crippen LogP contribution in [0.5, 0.6) is 11.5 Å². The molecule has 0 unspecified atom stereocenters. The molecule has 0 bridgehead atoms. The van der Waals surface area contributed by atoms with Crippen molar-refractivity contribution in [2.45, 2.75) is 34.6 Å². The average Bonchev–Trinajstić information content (AvgIpc) is 2.83. The maximum absolute atomic E-state index is 13.5. The summed E-state index contributed by atoms with van der Waals surface area (Å²) < 4.78 is 36.9. The topological polar surface area (TPSA) is 71.1 Å². The van der Waals surface area contributed by atoms with Gasteiger partial charge in [-0.2, -0.15) is 0 Å². The van der Waals surface area contributed by atoms with Gasteiger partial charge in [0.25, 0.3) is 0 Å². The number of phosphoric acid groups is 1. The molecule has 0 aliphatic carbocycles. The number of aryl methyl sites for hydroxylation is 3. The molecule has 4 aromatic carbocycles. The van der Waals surface area contributed by atoms with Gasteiger partial charge in [-0.1, -0.05) is 80.1 Å². The lowest BCUT2D eigenvalue weighted by Gasteiger charge is -2.33. The van der Waals surface area contributed by atoms with Crippen LogP contribution in [0, 0.1) is 26.2 Å². The molecule has 0 amide bonds. The number of carbonyl (C=O) groups is 1. The highest BCUT2D eigenvalue weighted by Gasteiger charge is 2.41. The normalized spacial score (nSPS) is 16.7. The summed E-state index contributed by atoms with van der Waals surface area (Å²) in [7, 11) is -3.96. The van der Waals surface area contributed by atoms with Gasteiger partial charge in [-0.15, -0.1) is 0 Å². The summed E-state index contributed by atoms with van der Waals surface area (Å²) in [5.74, 6) is -0.177. The number of rotatable bonds is 4. The molecule has 0 N–H and O–H groups in total. The van der Waals surface area contributed by atoms with Gasteiger partial charge in [0.05, 0.1) is 18.8 Å². The molecule has 1 fully saturated rings. The summed E-state index contributed by atoms with van der Waals surface area (Å²) in [5.41, 5.74) is 2.90. The maximum Gasteiger partial charge on any atom is 0.530 e. The molecule has 0 saturated carbocycles. The van der Waals surface area contributed by atoms with Crippen LogP contribution >= 0.6 is 7.82 Å². The Hall–Kier alpha value is -3.18. The number of hydrogen-bond acceptors (Lipinski definition) is 6. The van der Waals surface area contributed by atoms with E-state index in [0.29, 0.717) is 16.3 Å². The first-order chi connectivity index (χ1) is 17.1. The van der Waals surface area contributed by atoms with Crippen molar-refractivity contribution in [2.24, 2.45) is 5.41 Å². The molecule has 0 spiro atoms. The van der Waals surface area contributed by atoms with E-state index in [1.165, 1.54) is 0 Å². The van der Waals surface area contributed by atoms with Crippen molar-refractivity contribution >= 4 is 35.3 Å². The summed E-state index contributed by atoms with van der Waals surface area (Å²) in [5, 5.41) is 3.05. The zero-order chi connectivity index (χ0) is 25.7. The zero-order valence-corrected chi connectivity index (χ0v) is 22.0. The minimum absolute atomic E-state index is 0.156. The van der Waals surface area contributed by atoms with Gasteiger partial charge in [-0.05, 0) is 42.7 Å². The standard InChI is InChI=1S/C29H29O6P/c1-18-14-19(2)25(20(3)15-18)28(30)34-26-23-12-8-6-10-21(23)22-11-7-9-13-24(22)27(26)35-36(31)32-16-29(4,5)17-33-36/h6-15H,16-17H2,1-5H3. The summed E-state index contributed by atoms with van der Waals surface area (Å²) in [6.45, 7) is 10.1. The SMILES string of the molecule is Cc1cc(C)c(C(=O)Oc2c(OP3(=O)OCC(C)(C)CO3)c3ccccc3c3ccccc23)c(C)c1. The first-order valence-electron chi connectivity index (χ1n) is 11.9. The van der Waals surface area contributed by atoms with E-state index < -0.39 is 13.8 Å². The molecular weight excluding hydrogens is 475 g/mol. The van der Waals surface area contributed by atoms with Gasteiger partial charge < -0.3 is 9.26 Å². The minimum atomic E-state index is -3.96. The molecule has 0 aromatic heterocycles. The van der Waals surface area contributed by atoms with E-state index in [2.05, 4.69) is 0 Å². The monoisotopic (exact) mass is 504 g/mol. The van der Waals surface area contributed by atoms with Crippen LogP contribution in [0.4, 0.5) is 0 Å². The smallest absolute Gasteiger partial charge is 0.418 e. The number of carbonyl (C=O) groups excluding carboxylic acids is 1. The fraction of sp³-hybridized carbons (Fsp3) is 0.276. The lowest BCUT2D eigenvalue weighted by atomic mass is 9.97. The van der Waals surface area contributed by atoms with Crippen molar-refractivity contribution in [3.63, 3.8) is 0 Å². The number of phosphoric ester groups is 1. The third-order valence-electron chi connectivity index (χ3n) is 6.35. The van der Waals surface area contributed by atoms with E-state index in [4.69, 9.17) is 18.3 Å². The zero-order valence-electron chi connectivity index (χ0n) is 21.1. The Morgan fingerprint density at radius 1 is 0.806 bits per heavy atom. The number of benzene rings is 4. The fourth-order valence-corrected chi connectivity index (χ4v) is 6.27. The van der Waals surface area contributed by atoms with Crippen LogP contribution in [0.3, 0.4) is 0 Å². The van der Waals surface area contributed by atoms with E-state index >= 15 is 0 Å². The van der Waals surface area contributed by atoms with Crippen molar-refractivity contribution in [1.82, 2.24) is 0 Å². The van der Waals surface area contributed by atoms with Crippen LogP contribution in [-0.2, 0) is 13.6 Å². The Morgan fingerprint density at radius 2 is 1.28 bits per heavy atom. The quantitative estimate of drug-likeness (QED) is 0.123. The Kier molecular flexibility index (Phi) is 6.16. The highest BCUT2D eigenvalue weighted by Crippen LogP contribution is 2.58. The molecule has 0 atom stereocenters. The Morgan fingerprint density at radius 3 is 1.81 bits per heavy atom. The Labute approximate surface area is 210 Å². The van der Waals surface area contributed by atoms with E-state index in [1.54, 1.807) is 0 Å². The molecule has 186 valence electrons. The van der Waals surface area contributed by atoms with Gasteiger partial charge in [0, 0.05) is 16.2 Å². The van der Waals surface area contributed by atoms with Crippen molar-refractivity contribution in [2.75, 3.05) is 13.2 Å². The number of hydrogen-bond donors (Lipinski definition) is 0. The molecule has 5 rings (SSSR count). The third kappa shape index (κ3) is 4.53. The largest absolute Gasteiger partial charge is 0.530 e. The average molecular weight is 505 g/mol. The second-order valence-corrected chi connectivity index (χ2v) is 11.8. The highest BCUT2D eigenvalue weighted by atomic mass is 31.2. The second-order valence-electron chi connectivity index (χ2n) is 10.2. The lowest BCUT2D eigenvalue weighted by Crippen LogP contribution is -2.30. The maximum atomic E-state index is 13.5. The van der Waals surface area contributed by atoms with Crippen LogP contribution < -0.4 is 9.26 Å². The van der Waals surface area contributed by atoms with Gasteiger partial charge in [0.15, 0.2) is 11.5 Å². The van der Waals surface area contributed by atoms with E-state index in [0.717, 1.165) is 27.5 Å². The lowest BCUT2D eigenvalue weighted by molar-refractivity contribution is 0.0179. The fourth-order valence-electron chi connectivity index (χ4n) is 4.67. The molecule has 1 aliphatic heterocycles. The Balaban J connectivity index is 1.69. The molecule has 6 nitrogen and oxygen atoms in total. The predicted molar refractivity (Wildman–Crippen MR) is 141 cm³/mol. The van der Waals surface area contributed by atoms with Gasteiger partial charge in [0.1, 0.15) is 0 Å². The molecule has 0 radical (unpaired) electrons. The van der Waals surface area contributed by atoms with Crippen LogP contribution in [-0.4, -0.2) is 19.2 Å². The first kappa shape index (κ1) is 24.5. The molecule has 1 heterocycles.